The van der Waals surface area contributed by atoms with Crippen molar-refractivity contribution in [2.24, 2.45) is 0 Å². The van der Waals surface area contributed by atoms with Crippen LogP contribution in [-0.4, -0.2) is 40.4 Å². The molecule has 2 amide bonds. The molecule has 0 spiro atoms. The number of nitrogens with one attached hydrogen (secondary N) is 1. The molecule has 4 aromatic rings. The number of furan rings is 1. The number of nitrogens with zero attached hydrogens (tertiary/aromatic N) is 1. The Morgan fingerprint density at radius 3 is 2.15 bits per heavy atom. The molecular formula is C32H32N2O5. The minimum absolute atomic E-state index is 0.0870. The van der Waals surface area contributed by atoms with Gasteiger partial charge in [-0.2, -0.15) is 0 Å². The van der Waals surface area contributed by atoms with Gasteiger partial charge in [0.05, 0.1) is 19.2 Å². The molecule has 1 aromatic heterocycles. The summed E-state index contributed by atoms with van der Waals surface area (Å²) in [6.07, 6.45) is 2.84. The molecule has 4 rings (SSSR count). The van der Waals surface area contributed by atoms with Crippen LogP contribution in [-0.2, 0) is 17.8 Å². The number of aryl methyl sites for hydroxylation is 1. The van der Waals surface area contributed by atoms with E-state index in [0.29, 0.717) is 34.4 Å². The summed E-state index contributed by atoms with van der Waals surface area (Å²) in [6, 6.07) is 27.6. The maximum Gasteiger partial charge on any atom is 0.305 e. The fraction of sp³-hybridized carbons (Fsp3) is 0.219. The Balaban J connectivity index is 1.61. The molecule has 0 saturated carbocycles. The molecule has 0 aliphatic rings. The van der Waals surface area contributed by atoms with Gasteiger partial charge in [-0.1, -0.05) is 66.7 Å². The Bertz CT molecular complexity index is 1400. The number of carbonyl (C=O) groups is 3. The van der Waals surface area contributed by atoms with Gasteiger partial charge >= 0.3 is 5.97 Å². The zero-order valence-corrected chi connectivity index (χ0v) is 21.9. The fourth-order valence-corrected chi connectivity index (χ4v) is 4.57. The van der Waals surface area contributed by atoms with Crippen LogP contribution in [0.15, 0.2) is 102 Å². The van der Waals surface area contributed by atoms with Crippen LogP contribution < -0.4 is 5.32 Å². The molecule has 0 aliphatic heterocycles. The highest BCUT2D eigenvalue weighted by Crippen LogP contribution is 2.29. The molecule has 39 heavy (non-hydrogen) atoms. The highest BCUT2D eigenvalue weighted by atomic mass is 16.4. The Morgan fingerprint density at radius 2 is 1.49 bits per heavy atom. The molecule has 7 nitrogen and oxygen atoms in total. The van der Waals surface area contributed by atoms with E-state index in [9.17, 15) is 19.5 Å². The van der Waals surface area contributed by atoms with E-state index in [-0.39, 0.29) is 37.4 Å². The van der Waals surface area contributed by atoms with Crippen molar-refractivity contribution in [3.63, 3.8) is 0 Å². The van der Waals surface area contributed by atoms with E-state index in [1.54, 1.807) is 47.6 Å². The van der Waals surface area contributed by atoms with Crippen LogP contribution in [0.4, 0.5) is 0 Å². The van der Waals surface area contributed by atoms with Gasteiger partial charge in [-0.25, -0.2) is 0 Å². The number of carbonyl (C=O) groups excluding carboxylic acids is 2. The van der Waals surface area contributed by atoms with Crippen LogP contribution in [0.25, 0.3) is 11.1 Å². The van der Waals surface area contributed by atoms with Crippen molar-refractivity contribution < 1.29 is 23.9 Å². The predicted octanol–water partition coefficient (Wildman–Crippen LogP) is 5.81. The lowest BCUT2D eigenvalue weighted by atomic mass is 9.93. The molecule has 1 atom stereocenters. The van der Waals surface area contributed by atoms with Crippen LogP contribution in [0.5, 0.6) is 0 Å². The van der Waals surface area contributed by atoms with Gasteiger partial charge in [-0.05, 0) is 60.7 Å². The predicted molar refractivity (Wildman–Crippen MR) is 149 cm³/mol. The average Bonchev–Trinajstić information content (AvgIpc) is 3.49. The third-order valence-electron chi connectivity index (χ3n) is 6.68. The van der Waals surface area contributed by atoms with Crippen molar-refractivity contribution in [3.8, 4) is 11.1 Å². The van der Waals surface area contributed by atoms with Gasteiger partial charge in [0.25, 0.3) is 11.8 Å². The van der Waals surface area contributed by atoms with E-state index in [4.69, 9.17) is 4.42 Å². The minimum atomic E-state index is -0.963. The summed E-state index contributed by atoms with van der Waals surface area (Å²) in [7, 11) is 0. The van der Waals surface area contributed by atoms with E-state index >= 15 is 0 Å². The Hall–Kier alpha value is -4.65. The number of aliphatic carboxylic acids is 1. The molecule has 0 saturated heterocycles. The van der Waals surface area contributed by atoms with Gasteiger partial charge in [0.1, 0.15) is 5.76 Å². The summed E-state index contributed by atoms with van der Waals surface area (Å²) in [4.78, 5) is 40.2. The highest BCUT2D eigenvalue weighted by molar-refractivity contribution is 6.06. The van der Waals surface area contributed by atoms with E-state index in [1.807, 2.05) is 61.5 Å². The SMILES string of the molecule is CC(CCc1ccccc1)N(CCC(=O)O)C(=O)c1ccccc1-c1ccccc1C(=O)NCc1ccco1. The second kappa shape index (κ2) is 13.2. The van der Waals surface area contributed by atoms with Crippen molar-refractivity contribution in [1.29, 1.82) is 0 Å². The number of rotatable bonds is 12. The number of amides is 2. The molecule has 0 bridgehead atoms. The normalized spacial score (nSPS) is 11.5. The maximum absolute atomic E-state index is 14.0. The summed E-state index contributed by atoms with van der Waals surface area (Å²) in [5.41, 5.74) is 3.24. The second-order valence-electron chi connectivity index (χ2n) is 9.37. The highest BCUT2D eigenvalue weighted by Gasteiger charge is 2.26. The number of carboxylic acids is 1. The largest absolute Gasteiger partial charge is 0.481 e. The van der Waals surface area contributed by atoms with Gasteiger partial charge in [0, 0.05) is 23.7 Å². The summed E-state index contributed by atoms with van der Waals surface area (Å²) in [6.45, 7) is 2.27. The van der Waals surface area contributed by atoms with E-state index in [2.05, 4.69) is 5.32 Å². The molecule has 1 unspecified atom stereocenters. The lowest BCUT2D eigenvalue weighted by molar-refractivity contribution is -0.137. The molecule has 200 valence electrons. The first kappa shape index (κ1) is 27.4. The Labute approximate surface area is 228 Å². The standard InChI is InChI=1S/C32H32N2O5/c1-23(17-18-24-10-3-2-4-11-24)34(20-19-30(35)36)32(38)29-16-8-6-14-27(29)26-13-5-7-15-28(26)31(37)33-22-25-12-9-21-39-25/h2-16,21,23H,17-20,22H2,1H3,(H,33,37)(H,35,36). The Kier molecular flexibility index (Phi) is 9.29. The Morgan fingerprint density at radius 1 is 0.846 bits per heavy atom. The third-order valence-corrected chi connectivity index (χ3v) is 6.68. The smallest absolute Gasteiger partial charge is 0.305 e. The monoisotopic (exact) mass is 524 g/mol. The summed E-state index contributed by atoms with van der Waals surface area (Å²) >= 11 is 0. The van der Waals surface area contributed by atoms with Crippen molar-refractivity contribution >= 4 is 17.8 Å². The van der Waals surface area contributed by atoms with Crippen LogP contribution >= 0.6 is 0 Å². The van der Waals surface area contributed by atoms with Gasteiger partial charge in [-0.3, -0.25) is 14.4 Å². The third kappa shape index (κ3) is 7.23. The molecule has 0 aliphatic carbocycles. The van der Waals surface area contributed by atoms with Crippen LogP contribution in [0.3, 0.4) is 0 Å². The zero-order valence-electron chi connectivity index (χ0n) is 21.9. The number of carboxylic acid groups (broad SMARTS) is 1. The van der Waals surface area contributed by atoms with E-state index in [0.717, 1.165) is 12.0 Å². The fourth-order valence-electron chi connectivity index (χ4n) is 4.57. The van der Waals surface area contributed by atoms with Gasteiger partial charge in [-0.15, -0.1) is 0 Å². The van der Waals surface area contributed by atoms with Gasteiger partial charge in [0.15, 0.2) is 0 Å². The van der Waals surface area contributed by atoms with Gasteiger partial charge in [0.2, 0.25) is 0 Å². The molecule has 1 heterocycles. The lowest BCUT2D eigenvalue weighted by Gasteiger charge is -2.30. The average molecular weight is 525 g/mol. The van der Waals surface area contributed by atoms with Crippen molar-refractivity contribution in [1.82, 2.24) is 10.2 Å². The quantitative estimate of drug-likeness (QED) is 0.243. The zero-order chi connectivity index (χ0) is 27.6. The number of hydrogen-bond acceptors (Lipinski definition) is 4. The lowest BCUT2D eigenvalue weighted by Crippen LogP contribution is -2.40. The van der Waals surface area contributed by atoms with Crippen LogP contribution in [0, 0.1) is 0 Å². The van der Waals surface area contributed by atoms with Crippen molar-refractivity contribution in [3.05, 3.63) is 120 Å². The van der Waals surface area contributed by atoms with Crippen molar-refractivity contribution in [2.75, 3.05) is 6.54 Å². The molecule has 7 heteroatoms. The van der Waals surface area contributed by atoms with Crippen LogP contribution in [0.2, 0.25) is 0 Å². The first-order valence-electron chi connectivity index (χ1n) is 13.0. The minimum Gasteiger partial charge on any atom is -0.481 e. The second-order valence-corrected chi connectivity index (χ2v) is 9.37. The number of hydrogen-bond donors (Lipinski definition) is 2. The molecular weight excluding hydrogens is 492 g/mol. The maximum atomic E-state index is 14.0. The summed E-state index contributed by atoms with van der Waals surface area (Å²) in [5, 5.41) is 12.2. The summed E-state index contributed by atoms with van der Waals surface area (Å²) in [5.74, 6) is -0.883. The van der Waals surface area contributed by atoms with E-state index in [1.165, 1.54) is 0 Å². The van der Waals surface area contributed by atoms with Gasteiger partial charge < -0.3 is 19.7 Å². The van der Waals surface area contributed by atoms with E-state index < -0.39 is 5.97 Å². The number of benzene rings is 3. The first-order valence-corrected chi connectivity index (χ1v) is 13.0. The molecule has 2 N–H and O–H groups in total. The molecule has 0 radical (unpaired) electrons. The summed E-state index contributed by atoms with van der Waals surface area (Å²) < 4.78 is 5.32. The van der Waals surface area contributed by atoms with Crippen LogP contribution in [0.1, 0.15) is 51.8 Å². The first-order chi connectivity index (χ1) is 18.9. The topological polar surface area (TPSA) is 99.9 Å². The van der Waals surface area contributed by atoms with Crippen molar-refractivity contribution in [2.45, 2.75) is 38.8 Å². The molecule has 3 aromatic carbocycles. The molecule has 0 fully saturated rings.